The van der Waals surface area contributed by atoms with Crippen LogP contribution in [0.3, 0.4) is 0 Å². The molecule has 0 radical (unpaired) electrons. The average Bonchev–Trinajstić information content (AvgIpc) is 3.00. The third-order valence-corrected chi connectivity index (χ3v) is 2.85. The Morgan fingerprint density at radius 2 is 2.04 bits per heavy atom. The Labute approximate surface area is 132 Å². The number of halogens is 4. The van der Waals surface area contributed by atoms with Gasteiger partial charge in [-0.25, -0.2) is 4.79 Å². The lowest BCUT2D eigenvalue weighted by Gasteiger charge is -2.14. The number of amides is 1. The number of nitrogens with one attached hydrogen (secondary N) is 2. The van der Waals surface area contributed by atoms with E-state index in [1.54, 1.807) is 0 Å². The van der Waals surface area contributed by atoms with Crippen molar-refractivity contribution >= 4 is 29.2 Å². The van der Waals surface area contributed by atoms with Crippen molar-refractivity contribution in [3.63, 3.8) is 0 Å². The maximum atomic E-state index is 12.9. The number of aromatic nitrogens is 2. The summed E-state index contributed by atoms with van der Waals surface area (Å²) in [4.78, 5) is 23.1. The van der Waals surface area contributed by atoms with Gasteiger partial charge in [-0.15, -0.1) is 0 Å². The monoisotopic (exact) mass is 347 g/mol. The van der Waals surface area contributed by atoms with Crippen molar-refractivity contribution in [3.8, 4) is 0 Å². The van der Waals surface area contributed by atoms with Gasteiger partial charge in [0.1, 0.15) is 5.69 Å². The molecule has 0 aliphatic carbocycles. The molecule has 2 N–H and O–H groups in total. The topological polar surface area (TPSA) is 84.1 Å². The number of H-pyrrole nitrogens is 1. The number of benzene rings is 1. The second-order valence-corrected chi connectivity index (χ2v) is 4.72. The Balaban J connectivity index is 2.02. The predicted molar refractivity (Wildman–Crippen MR) is 74.0 cm³/mol. The molecule has 1 aromatic carbocycles. The van der Waals surface area contributed by atoms with Crippen molar-refractivity contribution in [2.75, 3.05) is 11.9 Å². The van der Waals surface area contributed by atoms with Crippen molar-refractivity contribution in [2.24, 2.45) is 0 Å². The fourth-order valence-electron chi connectivity index (χ4n) is 1.62. The molecular weight excluding hydrogens is 339 g/mol. The molecule has 2 aromatic rings. The van der Waals surface area contributed by atoms with Crippen molar-refractivity contribution in [1.29, 1.82) is 0 Å². The fraction of sp³-hybridized carbons (Fsp3) is 0.154. The van der Waals surface area contributed by atoms with Gasteiger partial charge in [0, 0.05) is 11.2 Å². The fourth-order valence-corrected chi connectivity index (χ4v) is 1.80. The van der Waals surface area contributed by atoms with Crippen LogP contribution in [0, 0.1) is 0 Å². The molecule has 0 fully saturated rings. The third-order valence-electron chi connectivity index (χ3n) is 2.62. The van der Waals surface area contributed by atoms with Gasteiger partial charge in [-0.1, -0.05) is 11.6 Å². The van der Waals surface area contributed by atoms with E-state index in [9.17, 15) is 22.8 Å². The zero-order valence-electron chi connectivity index (χ0n) is 11.3. The predicted octanol–water partition coefficient (Wildman–Crippen LogP) is 2.88. The Bertz CT molecular complexity index is 717. The van der Waals surface area contributed by atoms with Crippen LogP contribution < -0.4 is 5.32 Å². The van der Waals surface area contributed by atoms with Gasteiger partial charge in [-0.05, 0) is 24.3 Å². The number of aromatic amines is 1. The minimum absolute atomic E-state index is 0.0141. The summed E-state index contributed by atoms with van der Waals surface area (Å²) in [6.07, 6.45) is -3.39. The number of alkyl halides is 3. The van der Waals surface area contributed by atoms with Crippen LogP contribution in [-0.2, 0) is 15.7 Å². The van der Waals surface area contributed by atoms with Gasteiger partial charge in [-0.3, -0.25) is 9.89 Å². The van der Waals surface area contributed by atoms with Crippen molar-refractivity contribution in [3.05, 3.63) is 46.7 Å². The molecule has 0 atom stereocenters. The summed E-state index contributed by atoms with van der Waals surface area (Å²) in [6.45, 7) is -0.752. The zero-order chi connectivity index (χ0) is 17.0. The number of rotatable bonds is 4. The van der Waals surface area contributed by atoms with E-state index in [-0.39, 0.29) is 10.7 Å². The summed E-state index contributed by atoms with van der Waals surface area (Å²) >= 11 is 5.53. The Kier molecular flexibility index (Phi) is 4.89. The second-order valence-electron chi connectivity index (χ2n) is 4.28. The maximum Gasteiger partial charge on any atom is 0.418 e. The first-order chi connectivity index (χ1) is 10.8. The van der Waals surface area contributed by atoms with Crippen molar-refractivity contribution in [2.45, 2.75) is 6.18 Å². The zero-order valence-corrected chi connectivity index (χ0v) is 12.0. The van der Waals surface area contributed by atoms with E-state index < -0.39 is 35.9 Å². The van der Waals surface area contributed by atoms with E-state index in [1.807, 2.05) is 5.32 Å². The molecule has 0 saturated heterocycles. The Morgan fingerprint density at radius 3 is 2.65 bits per heavy atom. The molecule has 2 rings (SSSR count). The summed E-state index contributed by atoms with van der Waals surface area (Å²) in [6, 6.07) is 4.22. The van der Waals surface area contributed by atoms with Crippen LogP contribution in [0.15, 0.2) is 30.5 Å². The standard InChI is InChI=1S/C13H9ClF3N3O3/c14-7-1-2-9(8(5-7)13(15,16)17)19-11(21)6-23-12(22)10-3-4-18-20-10/h1-5H,6H2,(H,18,20)(H,19,21). The second kappa shape index (κ2) is 6.69. The first kappa shape index (κ1) is 16.8. The van der Waals surface area contributed by atoms with E-state index in [4.69, 9.17) is 11.6 Å². The van der Waals surface area contributed by atoms with Gasteiger partial charge in [0.15, 0.2) is 6.61 Å². The van der Waals surface area contributed by atoms with Crippen molar-refractivity contribution < 1.29 is 27.5 Å². The molecule has 6 nitrogen and oxygen atoms in total. The molecule has 10 heteroatoms. The minimum atomic E-state index is -4.69. The SMILES string of the molecule is O=C(COC(=O)c1ccn[nH]1)Nc1ccc(Cl)cc1C(F)(F)F. The number of hydrogen-bond donors (Lipinski definition) is 2. The maximum absolute atomic E-state index is 12.9. The first-order valence-corrected chi connectivity index (χ1v) is 6.48. The van der Waals surface area contributed by atoms with E-state index in [1.165, 1.54) is 18.3 Å². The largest absolute Gasteiger partial charge is 0.451 e. The lowest BCUT2D eigenvalue weighted by Crippen LogP contribution is -2.23. The molecule has 0 spiro atoms. The smallest absolute Gasteiger partial charge is 0.418 e. The van der Waals surface area contributed by atoms with Crippen molar-refractivity contribution in [1.82, 2.24) is 10.2 Å². The van der Waals surface area contributed by atoms with E-state index in [2.05, 4.69) is 14.9 Å². The summed E-state index contributed by atoms with van der Waals surface area (Å²) < 4.78 is 43.3. The van der Waals surface area contributed by atoms with E-state index >= 15 is 0 Å². The summed E-state index contributed by atoms with van der Waals surface area (Å²) in [5, 5.41) is 7.75. The highest BCUT2D eigenvalue weighted by Crippen LogP contribution is 2.36. The third kappa shape index (κ3) is 4.46. The number of carbonyl (C=O) groups excluding carboxylic acids is 2. The molecule has 0 saturated carbocycles. The lowest BCUT2D eigenvalue weighted by atomic mass is 10.1. The highest BCUT2D eigenvalue weighted by molar-refractivity contribution is 6.30. The van der Waals surface area contributed by atoms with E-state index in [0.717, 1.165) is 6.07 Å². The van der Waals surface area contributed by atoms with Gasteiger partial charge in [0.25, 0.3) is 5.91 Å². The molecule has 1 aromatic heterocycles. The molecule has 23 heavy (non-hydrogen) atoms. The molecule has 0 aliphatic rings. The summed E-state index contributed by atoms with van der Waals surface area (Å²) in [5.74, 6) is -1.78. The van der Waals surface area contributed by atoms with Crippen LogP contribution in [0.5, 0.6) is 0 Å². The van der Waals surface area contributed by atoms with Crippen LogP contribution in [0.25, 0.3) is 0 Å². The normalized spacial score (nSPS) is 11.1. The number of carbonyl (C=O) groups is 2. The first-order valence-electron chi connectivity index (χ1n) is 6.10. The molecule has 0 unspecified atom stereocenters. The van der Waals surface area contributed by atoms with Gasteiger partial charge < -0.3 is 10.1 Å². The van der Waals surface area contributed by atoms with Gasteiger partial charge in [-0.2, -0.15) is 18.3 Å². The number of esters is 1. The van der Waals surface area contributed by atoms with Gasteiger partial charge in [0.05, 0.1) is 11.3 Å². The van der Waals surface area contributed by atoms with E-state index in [0.29, 0.717) is 6.07 Å². The van der Waals surface area contributed by atoms with Crippen LogP contribution >= 0.6 is 11.6 Å². The molecular formula is C13H9ClF3N3O3. The highest BCUT2D eigenvalue weighted by Gasteiger charge is 2.34. The lowest BCUT2D eigenvalue weighted by molar-refractivity contribution is -0.137. The van der Waals surface area contributed by atoms with Crippen LogP contribution in [-0.4, -0.2) is 28.7 Å². The molecule has 0 bridgehead atoms. The Hall–Kier alpha value is -2.55. The van der Waals surface area contributed by atoms with Crippen LogP contribution in [0.4, 0.5) is 18.9 Å². The Morgan fingerprint density at radius 1 is 1.30 bits per heavy atom. The average molecular weight is 348 g/mol. The van der Waals surface area contributed by atoms with Gasteiger partial charge >= 0.3 is 12.1 Å². The minimum Gasteiger partial charge on any atom is -0.451 e. The van der Waals surface area contributed by atoms with Crippen LogP contribution in [0.1, 0.15) is 16.1 Å². The molecule has 1 amide bonds. The molecule has 122 valence electrons. The number of nitrogens with zero attached hydrogens (tertiary/aromatic N) is 1. The summed E-state index contributed by atoms with van der Waals surface area (Å²) in [7, 11) is 0. The van der Waals surface area contributed by atoms with Crippen LogP contribution in [0.2, 0.25) is 5.02 Å². The number of hydrogen-bond acceptors (Lipinski definition) is 4. The highest BCUT2D eigenvalue weighted by atomic mass is 35.5. The molecule has 0 aliphatic heterocycles. The number of ether oxygens (including phenoxy) is 1. The quantitative estimate of drug-likeness (QED) is 0.833. The molecule has 1 heterocycles. The number of anilines is 1. The summed E-state index contributed by atoms with van der Waals surface area (Å²) in [5.41, 5.74) is -1.57. The van der Waals surface area contributed by atoms with Gasteiger partial charge in [0.2, 0.25) is 0 Å².